The Labute approximate surface area is 127 Å². The van der Waals surface area contributed by atoms with Gasteiger partial charge >= 0.3 is 0 Å². The molecule has 0 saturated carbocycles. The van der Waals surface area contributed by atoms with Crippen molar-refractivity contribution in [3.8, 4) is 0 Å². The number of rotatable bonds is 2. The molecule has 0 N–H and O–H groups in total. The third kappa shape index (κ3) is 1.97. The van der Waals surface area contributed by atoms with Crippen molar-refractivity contribution in [2.24, 2.45) is 0 Å². The second-order valence-electron chi connectivity index (χ2n) is 5.49. The van der Waals surface area contributed by atoms with Gasteiger partial charge < -0.3 is 4.90 Å². The molecule has 1 aliphatic rings. The van der Waals surface area contributed by atoms with E-state index in [2.05, 4.69) is 41.1 Å². The first-order chi connectivity index (χ1) is 9.52. The SMILES string of the molecule is CN1C(=O)c2ccc(Br)cc2C1(C)Cc1ccccc1. The number of likely N-dealkylation sites (N-methyl/N-ethyl adjacent to an activating group) is 1. The van der Waals surface area contributed by atoms with Crippen LogP contribution in [0, 0.1) is 0 Å². The van der Waals surface area contributed by atoms with Crippen molar-refractivity contribution in [1.29, 1.82) is 0 Å². The number of hydrogen-bond acceptors (Lipinski definition) is 1. The molecule has 1 aliphatic heterocycles. The zero-order valence-electron chi connectivity index (χ0n) is 11.6. The lowest BCUT2D eigenvalue weighted by molar-refractivity contribution is 0.0663. The zero-order chi connectivity index (χ0) is 14.3. The Balaban J connectivity index is 2.09. The molecule has 1 amide bonds. The molecule has 0 radical (unpaired) electrons. The largest absolute Gasteiger partial charge is 0.332 e. The second kappa shape index (κ2) is 4.74. The van der Waals surface area contributed by atoms with E-state index in [4.69, 9.17) is 0 Å². The topological polar surface area (TPSA) is 20.3 Å². The van der Waals surface area contributed by atoms with Crippen LogP contribution in [0.5, 0.6) is 0 Å². The predicted molar refractivity (Wildman–Crippen MR) is 83.7 cm³/mol. The maximum absolute atomic E-state index is 12.4. The van der Waals surface area contributed by atoms with Crippen LogP contribution in [0.3, 0.4) is 0 Å². The van der Waals surface area contributed by atoms with Gasteiger partial charge in [0.15, 0.2) is 0 Å². The van der Waals surface area contributed by atoms with Crippen molar-refractivity contribution in [2.75, 3.05) is 7.05 Å². The van der Waals surface area contributed by atoms with Crippen molar-refractivity contribution in [2.45, 2.75) is 18.9 Å². The third-order valence-electron chi connectivity index (χ3n) is 4.23. The highest BCUT2D eigenvalue weighted by molar-refractivity contribution is 9.10. The molecule has 1 unspecified atom stereocenters. The van der Waals surface area contributed by atoms with Gasteiger partial charge in [-0.25, -0.2) is 0 Å². The molecule has 0 aliphatic carbocycles. The Hall–Kier alpha value is -1.61. The van der Waals surface area contributed by atoms with Gasteiger partial charge in [-0.1, -0.05) is 46.3 Å². The second-order valence-corrected chi connectivity index (χ2v) is 6.41. The molecule has 3 rings (SSSR count). The highest BCUT2D eigenvalue weighted by Gasteiger charge is 2.44. The van der Waals surface area contributed by atoms with Crippen LogP contribution in [-0.4, -0.2) is 17.9 Å². The molecule has 102 valence electrons. The Morgan fingerprint density at radius 3 is 2.55 bits per heavy atom. The van der Waals surface area contributed by atoms with Crippen molar-refractivity contribution in [3.05, 3.63) is 69.7 Å². The summed E-state index contributed by atoms with van der Waals surface area (Å²) in [6.07, 6.45) is 0.819. The molecular weight excluding hydrogens is 314 g/mol. The van der Waals surface area contributed by atoms with E-state index in [1.54, 1.807) is 0 Å². The maximum Gasteiger partial charge on any atom is 0.254 e. The average Bonchev–Trinajstić information content (AvgIpc) is 2.62. The van der Waals surface area contributed by atoms with Crippen molar-refractivity contribution < 1.29 is 4.79 Å². The number of carbonyl (C=O) groups is 1. The zero-order valence-corrected chi connectivity index (χ0v) is 13.1. The van der Waals surface area contributed by atoms with Gasteiger partial charge in [-0.3, -0.25) is 4.79 Å². The van der Waals surface area contributed by atoms with E-state index in [1.807, 2.05) is 42.3 Å². The van der Waals surface area contributed by atoms with E-state index in [1.165, 1.54) is 5.56 Å². The monoisotopic (exact) mass is 329 g/mol. The number of hydrogen-bond donors (Lipinski definition) is 0. The van der Waals surface area contributed by atoms with Gasteiger partial charge in [0.25, 0.3) is 5.91 Å². The van der Waals surface area contributed by atoms with Gasteiger partial charge in [0, 0.05) is 17.1 Å². The number of benzene rings is 2. The van der Waals surface area contributed by atoms with Crippen LogP contribution in [0.15, 0.2) is 53.0 Å². The molecule has 1 atom stereocenters. The van der Waals surface area contributed by atoms with Crippen LogP contribution in [0.1, 0.15) is 28.4 Å². The van der Waals surface area contributed by atoms with Crippen LogP contribution < -0.4 is 0 Å². The summed E-state index contributed by atoms with van der Waals surface area (Å²) in [5, 5.41) is 0. The first-order valence-corrected chi connectivity index (χ1v) is 7.44. The van der Waals surface area contributed by atoms with Crippen LogP contribution in [-0.2, 0) is 12.0 Å². The lowest BCUT2D eigenvalue weighted by Gasteiger charge is -2.33. The van der Waals surface area contributed by atoms with Gasteiger partial charge in [0.1, 0.15) is 0 Å². The van der Waals surface area contributed by atoms with E-state index < -0.39 is 0 Å². The fraction of sp³-hybridized carbons (Fsp3) is 0.235. The van der Waals surface area contributed by atoms with E-state index in [9.17, 15) is 4.79 Å². The number of nitrogens with zero attached hydrogens (tertiary/aromatic N) is 1. The normalized spacial score (nSPS) is 21.1. The summed E-state index contributed by atoms with van der Waals surface area (Å²) in [4.78, 5) is 14.3. The molecule has 2 aromatic rings. The first kappa shape index (κ1) is 13.4. The lowest BCUT2D eigenvalue weighted by atomic mass is 9.85. The fourth-order valence-electron chi connectivity index (χ4n) is 2.94. The van der Waals surface area contributed by atoms with Crippen LogP contribution in [0.2, 0.25) is 0 Å². The van der Waals surface area contributed by atoms with Crippen LogP contribution in [0.25, 0.3) is 0 Å². The minimum atomic E-state index is -0.294. The molecule has 0 fully saturated rings. The van der Waals surface area contributed by atoms with Crippen LogP contribution >= 0.6 is 15.9 Å². The molecular formula is C17H16BrNO. The van der Waals surface area contributed by atoms with Crippen LogP contribution in [0.4, 0.5) is 0 Å². The summed E-state index contributed by atoms with van der Waals surface area (Å²) in [6.45, 7) is 2.14. The summed E-state index contributed by atoms with van der Waals surface area (Å²) in [6, 6.07) is 16.2. The number of carbonyl (C=O) groups excluding carboxylic acids is 1. The Kier molecular flexibility index (Phi) is 3.17. The molecule has 3 heteroatoms. The van der Waals surface area contributed by atoms with E-state index in [0.717, 1.165) is 22.0 Å². The van der Waals surface area contributed by atoms with Gasteiger partial charge in [-0.2, -0.15) is 0 Å². The fourth-order valence-corrected chi connectivity index (χ4v) is 3.30. The molecule has 0 aromatic heterocycles. The molecule has 0 bridgehead atoms. The quantitative estimate of drug-likeness (QED) is 0.815. The minimum Gasteiger partial charge on any atom is -0.332 e. The molecule has 2 aromatic carbocycles. The van der Waals surface area contributed by atoms with E-state index in [0.29, 0.717) is 0 Å². The molecule has 1 heterocycles. The standard InChI is InChI=1S/C17H16BrNO/c1-17(11-12-6-4-3-5-7-12)15-10-13(18)8-9-14(15)16(20)19(17)2/h3-10H,11H2,1-2H3. The summed E-state index contributed by atoms with van der Waals surface area (Å²) < 4.78 is 1.01. The van der Waals surface area contributed by atoms with Crippen molar-refractivity contribution >= 4 is 21.8 Å². The molecule has 2 nitrogen and oxygen atoms in total. The molecule has 20 heavy (non-hydrogen) atoms. The predicted octanol–water partition coefficient (Wildman–Crippen LogP) is 3.99. The third-order valence-corrected chi connectivity index (χ3v) is 4.72. The Morgan fingerprint density at radius 2 is 1.85 bits per heavy atom. The van der Waals surface area contributed by atoms with E-state index >= 15 is 0 Å². The highest BCUT2D eigenvalue weighted by Crippen LogP contribution is 2.41. The first-order valence-electron chi connectivity index (χ1n) is 6.64. The Bertz CT molecular complexity index is 668. The highest BCUT2D eigenvalue weighted by atomic mass is 79.9. The summed E-state index contributed by atoms with van der Waals surface area (Å²) in [7, 11) is 1.89. The molecule has 0 spiro atoms. The van der Waals surface area contributed by atoms with Crippen molar-refractivity contribution in [3.63, 3.8) is 0 Å². The summed E-state index contributed by atoms with van der Waals surface area (Å²) >= 11 is 3.51. The van der Waals surface area contributed by atoms with Gasteiger partial charge in [-0.15, -0.1) is 0 Å². The molecule has 0 saturated heterocycles. The smallest absolute Gasteiger partial charge is 0.254 e. The van der Waals surface area contributed by atoms with Gasteiger partial charge in [0.2, 0.25) is 0 Å². The average molecular weight is 330 g/mol. The number of fused-ring (bicyclic) bond motifs is 1. The minimum absolute atomic E-state index is 0.103. The number of halogens is 1. The Morgan fingerprint density at radius 1 is 1.15 bits per heavy atom. The number of amides is 1. The van der Waals surface area contributed by atoms with Gasteiger partial charge in [-0.05, 0) is 42.7 Å². The maximum atomic E-state index is 12.4. The van der Waals surface area contributed by atoms with E-state index in [-0.39, 0.29) is 11.4 Å². The van der Waals surface area contributed by atoms with Crippen molar-refractivity contribution in [1.82, 2.24) is 4.90 Å². The summed E-state index contributed by atoms with van der Waals surface area (Å²) in [5.74, 6) is 0.103. The van der Waals surface area contributed by atoms with Gasteiger partial charge in [0.05, 0.1) is 5.54 Å². The lowest BCUT2D eigenvalue weighted by Crippen LogP contribution is -2.40. The summed E-state index contributed by atoms with van der Waals surface area (Å²) in [5.41, 5.74) is 2.86.